The van der Waals surface area contributed by atoms with Crippen molar-refractivity contribution < 1.29 is 14.3 Å². The molecule has 0 amide bonds. The van der Waals surface area contributed by atoms with Crippen LogP contribution >= 0.6 is 0 Å². The van der Waals surface area contributed by atoms with Crippen LogP contribution in [0.2, 0.25) is 0 Å². The van der Waals surface area contributed by atoms with Gasteiger partial charge in [0.25, 0.3) is 0 Å². The maximum atomic E-state index is 12.4. The summed E-state index contributed by atoms with van der Waals surface area (Å²) >= 11 is 0. The van der Waals surface area contributed by atoms with E-state index in [9.17, 15) is 4.79 Å². The lowest BCUT2D eigenvalue weighted by Crippen LogP contribution is -2.27. The molecule has 8 aromatic rings. The fourth-order valence-corrected chi connectivity index (χ4v) is 7.50. The quantitative estimate of drug-likeness (QED) is 0.102. The van der Waals surface area contributed by atoms with Gasteiger partial charge in [-0.2, -0.15) is 0 Å². The van der Waals surface area contributed by atoms with Crippen LogP contribution in [-0.4, -0.2) is 28.3 Å². The van der Waals surface area contributed by atoms with Crippen LogP contribution in [0.1, 0.15) is 39.2 Å². The zero-order chi connectivity index (χ0) is 35.0. The van der Waals surface area contributed by atoms with E-state index in [0.717, 1.165) is 40.8 Å². The van der Waals surface area contributed by atoms with Crippen LogP contribution in [0, 0.1) is 5.41 Å². The number of carbonyl (C=O) groups excluding carboxylic acids is 1. The van der Waals surface area contributed by atoms with E-state index in [-0.39, 0.29) is 12.6 Å². The molecule has 0 aliphatic carbocycles. The summed E-state index contributed by atoms with van der Waals surface area (Å²) in [6, 6.07) is 50.0. The Labute approximate surface area is 298 Å². The van der Waals surface area contributed by atoms with Crippen molar-refractivity contribution in [3.05, 3.63) is 145 Å². The van der Waals surface area contributed by atoms with Gasteiger partial charge in [0, 0.05) is 32.9 Å². The van der Waals surface area contributed by atoms with Gasteiger partial charge >= 0.3 is 5.97 Å². The molecule has 51 heavy (non-hydrogen) atoms. The Morgan fingerprint density at radius 2 is 1.04 bits per heavy atom. The van der Waals surface area contributed by atoms with Gasteiger partial charge in [0.15, 0.2) is 0 Å². The van der Waals surface area contributed by atoms with Gasteiger partial charge in [0.05, 0.1) is 40.7 Å². The number of carbonyl (C=O) groups is 1. The Bertz CT molecular complexity index is 2450. The second-order valence-corrected chi connectivity index (χ2v) is 14.0. The average Bonchev–Trinajstić information content (AvgIpc) is 3.67. The maximum Gasteiger partial charge on any atom is 0.311 e. The van der Waals surface area contributed by atoms with E-state index in [1.807, 2.05) is 13.8 Å². The van der Waals surface area contributed by atoms with Gasteiger partial charge in [-0.15, -0.1) is 0 Å². The third-order valence-corrected chi connectivity index (χ3v) is 10.1. The van der Waals surface area contributed by atoms with Crippen LogP contribution in [0.15, 0.2) is 140 Å². The Hall–Kier alpha value is -5.65. The van der Waals surface area contributed by atoms with Crippen LogP contribution in [-0.2, 0) is 20.9 Å². The minimum Gasteiger partial charge on any atom is -0.463 e. The van der Waals surface area contributed by atoms with Gasteiger partial charge in [-0.05, 0) is 91.6 Å². The number of rotatable bonds is 11. The number of aromatic nitrogens is 2. The number of esters is 1. The fourth-order valence-electron chi connectivity index (χ4n) is 7.50. The van der Waals surface area contributed by atoms with Crippen molar-refractivity contribution >= 4 is 49.6 Å². The van der Waals surface area contributed by atoms with Crippen LogP contribution in [0.25, 0.3) is 66.1 Å². The summed E-state index contributed by atoms with van der Waals surface area (Å²) in [6.07, 6.45) is 1.76. The predicted octanol–water partition coefficient (Wildman–Crippen LogP) is 11.4. The summed E-state index contributed by atoms with van der Waals surface area (Å²) in [5.41, 5.74) is 9.98. The highest BCUT2D eigenvalue weighted by Crippen LogP contribution is 2.35. The largest absolute Gasteiger partial charge is 0.463 e. The van der Waals surface area contributed by atoms with Gasteiger partial charge in [-0.3, -0.25) is 4.79 Å². The summed E-state index contributed by atoms with van der Waals surface area (Å²) in [5.74, 6) is -0.163. The molecule has 0 spiro atoms. The van der Waals surface area contributed by atoms with Gasteiger partial charge in [-0.25, -0.2) is 0 Å². The van der Waals surface area contributed by atoms with E-state index in [1.165, 1.54) is 43.7 Å². The molecule has 0 atom stereocenters. The molecule has 0 N–H and O–H groups in total. The first-order valence-electron chi connectivity index (χ1n) is 17.9. The van der Waals surface area contributed by atoms with Crippen molar-refractivity contribution in [1.29, 1.82) is 0 Å². The Morgan fingerprint density at radius 1 is 0.569 bits per heavy atom. The Kier molecular flexibility index (Phi) is 8.66. The normalized spacial score (nSPS) is 12.0. The predicted molar refractivity (Wildman–Crippen MR) is 210 cm³/mol. The Morgan fingerprint density at radius 3 is 1.55 bits per heavy atom. The van der Waals surface area contributed by atoms with E-state index in [0.29, 0.717) is 13.2 Å². The summed E-state index contributed by atoms with van der Waals surface area (Å²) in [4.78, 5) is 12.4. The maximum absolute atomic E-state index is 12.4. The molecule has 8 rings (SSSR count). The minimum absolute atomic E-state index is 0.163. The number of hydrogen-bond donors (Lipinski definition) is 0. The third kappa shape index (κ3) is 6.08. The lowest BCUT2D eigenvalue weighted by atomic mass is 9.88. The number of nitrogens with zero attached hydrogens (tertiary/aromatic N) is 2. The number of fused-ring (bicyclic) bond motifs is 6. The van der Waals surface area contributed by atoms with Gasteiger partial charge < -0.3 is 18.6 Å². The van der Waals surface area contributed by atoms with E-state index < -0.39 is 5.41 Å². The first-order chi connectivity index (χ1) is 24.9. The van der Waals surface area contributed by atoms with Crippen molar-refractivity contribution in [2.24, 2.45) is 5.41 Å². The van der Waals surface area contributed by atoms with Crippen LogP contribution < -0.4 is 0 Å². The molecule has 0 saturated heterocycles. The highest BCUT2D eigenvalue weighted by atomic mass is 16.6. The Balaban J connectivity index is 1.02. The second kappa shape index (κ2) is 13.6. The summed E-state index contributed by atoms with van der Waals surface area (Å²) in [5, 5.41) is 4.92. The molecule has 0 aliphatic rings. The zero-order valence-electron chi connectivity index (χ0n) is 29.4. The average molecular weight is 671 g/mol. The molecule has 5 heteroatoms. The van der Waals surface area contributed by atoms with Gasteiger partial charge in [-0.1, -0.05) is 98.3 Å². The number of ether oxygens (including phenoxy) is 2. The molecule has 0 unspecified atom stereocenters. The number of para-hydroxylation sites is 3. The topological polar surface area (TPSA) is 45.4 Å². The monoisotopic (exact) mass is 670 g/mol. The van der Waals surface area contributed by atoms with E-state index in [2.05, 4.69) is 156 Å². The number of benzene rings is 6. The summed E-state index contributed by atoms with van der Waals surface area (Å²) in [7, 11) is 0. The third-order valence-electron chi connectivity index (χ3n) is 10.1. The molecular formula is C46H42N2O3. The van der Waals surface area contributed by atoms with Crippen molar-refractivity contribution in [2.45, 2.75) is 40.2 Å². The van der Waals surface area contributed by atoms with Crippen molar-refractivity contribution in [3.8, 4) is 22.5 Å². The van der Waals surface area contributed by atoms with Crippen molar-refractivity contribution in [1.82, 2.24) is 9.13 Å². The molecule has 0 aliphatic heterocycles. The highest BCUT2D eigenvalue weighted by molar-refractivity contribution is 6.10. The zero-order valence-corrected chi connectivity index (χ0v) is 29.4. The SMILES string of the molecule is CCCC(C)(C)C(=O)OCCOCc1ccc2c(c1)c1ccccc1n2-c1ccc(-c2ccc(-n3c4ccccc4c4ccccc43)cc2)cc1. The standard InChI is InChI=1S/C46H42N2O3/c1-4-27-46(2,3)45(49)51-29-28-50-31-32-17-26-44-40(30-32)39-13-7-10-16-43(39)48(44)36-24-20-34(21-25-36)33-18-22-35(23-19-33)47-41-14-8-5-11-37(41)38-12-6-9-15-42(38)47/h5-26,30H,4,27-29,31H2,1-3H3. The van der Waals surface area contributed by atoms with Gasteiger partial charge in [0.1, 0.15) is 6.61 Å². The molecular weight excluding hydrogens is 629 g/mol. The minimum atomic E-state index is -0.463. The van der Waals surface area contributed by atoms with Crippen molar-refractivity contribution in [3.63, 3.8) is 0 Å². The van der Waals surface area contributed by atoms with Crippen LogP contribution in [0.3, 0.4) is 0 Å². The molecule has 0 fully saturated rings. The summed E-state index contributed by atoms with van der Waals surface area (Å²) < 4.78 is 16.1. The lowest BCUT2D eigenvalue weighted by molar-refractivity contribution is -0.156. The number of hydrogen-bond acceptors (Lipinski definition) is 3. The molecule has 5 nitrogen and oxygen atoms in total. The van der Waals surface area contributed by atoms with Crippen LogP contribution in [0.4, 0.5) is 0 Å². The van der Waals surface area contributed by atoms with E-state index >= 15 is 0 Å². The second-order valence-electron chi connectivity index (χ2n) is 14.0. The summed E-state index contributed by atoms with van der Waals surface area (Å²) in [6.45, 7) is 7.03. The smallest absolute Gasteiger partial charge is 0.311 e. The van der Waals surface area contributed by atoms with E-state index in [4.69, 9.17) is 9.47 Å². The molecule has 6 aromatic carbocycles. The van der Waals surface area contributed by atoms with E-state index in [1.54, 1.807) is 0 Å². The fraction of sp³-hybridized carbons (Fsp3) is 0.196. The molecule has 0 saturated carbocycles. The lowest BCUT2D eigenvalue weighted by Gasteiger charge is -2.21. The molecule has 0 radical (unpaired) electrons. The van der Waals surface area contributed by atoms with Crippen LogP contribution in [0.5, 0.6) is 0 Å². The van der Waals surface area contributed by atoms with Crippen molar-refractivity contribution in [2.75, 3.05) is 13.2 Å². The first-order valence-corrected chi connectivity index (χ1v) is 17.9. The molecule has 2 heterocycles. The highest BCUT2D eigenvalue weighted by Gasteiger charge is 2.28. The molecule has 2 aromatic heterocycles. The first kappa shape index (κ1) is 32.5. The molecule has 0 bridgehead atoms. The molecule has 254 valence electrons. The van der Waals surface area contributed by atoms with Gasteiger partial charge in [0.2, 0.25) is 0 Å².